The molecule has 0 spiro atoms. The largest absolute Gasteiger partial charge is 0.465 e. The van der Waals surface area contributed by atoms with Crippen LogP contribution in [-0.2, 0) is 20.0 Å². The number of sulfone groups is 1. The van der Waals surface area contributed by atoms with E-state index in [1.165, 1.54) is 7.11 Å². The van der Waals surface area contributed by atoms with E-state index in [1.807, 2.05) is 12.1 Å². The molecule has 1 aromatic carbocycles. The van der Waals surface area contributed by atoms with Crippen molar-refractivity contribution in [3.63, 3.8) is 0 Å². The van der Waals surface area contributed by atoms with Crippen molar-refractivity contribution in [1.29, 1.82) is 0 Å². The Hall–Kier alpha value is -2.17. The van der Waals surface area contributed by atoms with Gasteiger partial charge in [0.05, 0.1) is 13.7 Å². The van der Waals surface area contributed by atoms with Crippen molar-refractivity contribution in [1.82, 2.24) is 0 Å². The Bertz CT molecular complexity index is 956. The van der Waals surface area contributed by atoms with Crippen molar-refractivity contribution in [2.24, 2.45) is 0 Å². The zero-order valence-electron chi connectivity index (χ0n) is 14.7. The molecule has 0 N–H and O–H groups in total. The summed E-state index contributed by atoms with van der Waals surface area (Å²) in [4.78, 5) is 15.7. The Balaban J connectivity index is 2.77. The molecule has 0 saturated heterocycles. The van der Waals surface area contributed by atoms with Crippen LogP contribution in [0.4, 0.5) is 5.69 Å². The molecule has 0 radical (unpaired) electrons. The Kier molecular flexibility index (Phi) is 5.07. The van der Waals surface area contributed by atoms with Gasteiger partial charge >= 0.3 is 5.97 Å². The zero-order chi connectivity index (χ0) is 19.0. The first kappa shape index (κ1) is 19.2. The molecule has 132 valence electrons. The SMILES string of the molecule is [C-]#[N+]c1c(S(C)(=O)=O)sc(C(=O)OC)c1-c1ccc(C(C)(C)C)cc1. The average Bonchev–Trinajstić information content (AvgIpc) is 2.93. The number of hydrogen-bond donors (Lipinski definition) is 0. The maximum Gasteiger partial charge on any atom is 0.347 e. The molecule has 0 unspecified atom stereocenters. The fraction of sp³-hybridized carbons (Fsp3) is 0.333. The monoisotopic (exact) mass is 377 g/mol. The van der Waals surface area contributed by atoms with Crippen LogP contribution >= 0.6 is 11.3 Å². The first-order valence-corrected chi connectivity index (χ1v) is 10.1. The Labute approximate surface area is 152 Å². The van der Waals surface area contributed by atoms with Crippen LogP contribution in [0.5, 0.6) is 0 Å². The number of esters is 1. The maximum atomic E-state index is 12.1. The van der Waals surface area contributed by atoms with Crippen LogP contribution in [0.2, 0.25) is 0 Å². The van der Waals surface area contributed by atoms with E-state index < -0.39 is 15.8 Å². The van der Waals surface area contributed by atoms with Crippen molar-refractivity contribution in [3.8, 4) is 11.1 Å². The first-order chi connectivity index (χ1) is 11.5. The lowest BCUT2D eigenvalue weighted by Crippen LogP contribution is -2.10. The van der Waals surface area contributed by atoms with Gasteiger partial charge in [-0.15, -0.1) is 11.3 Å². The number of carbonyl (C=O) groups is 1. The Morgan fingerprint density at radius 2 is 1.76 bits per heavy atom. The van der Waals surface area contributed by atoms with Gasteiger partial charge in [-0.3, -0.25) is 0 Å². The van der Waals surface area contributed by atoms with Gasteiger partial charge in [0.1, 0.15) is 9.09 Å². The number of benzene rings is 1. The third-order valence-corrected chi connectivity index (χ3v) is 6.69. The minimum absolute atomic E-state index is 0.0311. The van der Waals surface area contributed by atoms with Crippen LogP contribution in [-0.4, -0.2) is 27.8 Å². The Morgan fingerprint density at radius 3 is 2.16 bits per heavy atom. The number of ether oxygens (including phenoxy) is 1. The molecule has 1 heterocycles. The van der Waals surface area contributed by atoms with Gasteiger partial charge in [0, 0.05) is 11.8 Å². The average molecular weight is 377 g/mol. The smallest absolute Gasteiger partial charge is 0.347 e. The number of thiophene rings is 1. The molecule has 0 amide bonds. The molecule has 0 saturated carbocycles. The van der Waals surface area contributed by atoms with Crippen molar-refractivity contribution in [3.05, 3.63) is 46.1 Å². The summed E-state index contributed by atoms with van der Waals surface area (Å²) < 4.78 is 28.7. The molecule has 0 aliphatic heterocycles. The van der Waals surface area contributed by atoms with Gasteiger partial charge in [-0.05, 0) is 16.5 Å². The summed E-state index contributed by atoms with van der Waals surface area (Å²) in [6.45, 7) is 13.7. The van der Waals surface area contributed by atoms with E-state index in [1.54, 1.807) is 12.1 Å². The van der Waals surface area contributed by atoms with Crippen LogP contribution in [0.25, 0.3) is 16.0 Å². The summed E-state index contributed by atoms with van der Waals surface area (Å²) in [5, 5.41) is 0. The Morgan fingerprint density at radius 1 is 1.20 bits per heavy atom. The maximum absolute atomic E-state index is 12.1. The summed E-state index contributed by atoms with van der Waals surface area (Å²) >= 11 is 0.779. The summed E-state index contributed by atoms with van der Waals surface area (Å²) in [7, 11) is -2.40. The number of hydrogen-bond acceptors (Lipinski definition) is 5. The highest BCUT2D eigenvalue weighted by Crippen LogP contribution is 2.45. The number of nitrogens with zero attached hydrogens (tertiary/aromatic N) is 1. The minimum Gasteiger partial charge on any atom is -0.465 e. The molecule has 25 heavy (non-hydrogen) atoms. The molecule has 7 heteroatoms. The van der Waals surface area contributed by atoms with E-state index >= 15 is 0 Å². The number of carbonyl (C=O) groups excluding carboxylic acids is 1. The van der Waals surface area contributed by atoms with Gasteiger partial charge < -0.3 is 4.74 Å². The molecular formula is C18H19NO4S2. The van der Waals surface area contributed by atoms with Gasteiger partial charge in [-0.25, -0.2) is 18.1 Å². The zero-order valence-corrected chi connectivity index (χ0v) is 16.3. The van der Waals surface area contributed by atoms with Gasteiger partial charge in [-0.2, -0.15) is 0 Å². The highest BCUT2D eigenvalue weighted by molar-refractivity contribution is 7.93. The van der Waals surface area contributed by atoms with E-state index in [4.69, 9.17) is 11.3 Å². The van der Waals surface area contributed by atoms with Gasteiger partial charge in [0.15, 0.2) is 9.84 Å². The number of methoxy groups -OCH3 is 1. The second-order valence-corrected chi connectivity index (χ2v) is 9.88. The van der Waals surface area contributed by atoms with E-state index in [2.05, 4.69) is 25.6 Å². The fourth-order valence-electron chi connectivity index (χ4n) is 2.40. The topological polar surface area (TPSA) is 64.8 Å². The summed E-state index contributed by atoms with van der Waals surface area (Å²) in [6, 6.07) is 7.44. The quantitative estimate of drug-likeness (QED) is 0.585. The van der Waals surface area contributed by atoms with Crippen LogP contribution in [0.1, 0.15) is 36.0 Å². The molecule has 0 aliphatic rings. The molecular weight excluding hydrogens is 358 g/mol. The van der Waals surface area contributed by atoms with Gasteiger partial charge in [0.25, 0.3) is 0 Å². The molecule has 0 bridgehead atoms. The summed E-state index contributed by atoms with van der Waals surface area (Å²) in [5.74, 6) is -0.653. The standard InChI is InChI=1S/C18H19NO4S2/c1-18(2,3)12-9-7-11(8-10-12)13-14(19-4)17(25(6,21)22)24-15(13)16(20)23-5/h7-10H,1-3,5-6H3. The molecule has 5 nitrogen and oxygen atoms in total. The van der Waals surface area contributed by atoms with E-state index in [9.17, 15) is 13.2 Å². The van der Waals surface area contributed by atoms with Crippen LogP contribution in [0, 0.1) is 6.57 Å². The molecule has 2 aromatic rings. The minimum atomic E-state index is -3.63. The fourth-order valence-corrected chi connectivity index (χ4v) is 4.66. The van der Waals surface area contributed by atoms with Gasteiger partial charge in [-0.1, -0.05) is 45.0 Å². The molecule has 2 rings (SSSR count). The normalized spacial score (nSPS) is 11.8. The second kappa shape index (κ2) is 6.62. The van der Waals surface area contributed by atoms with E-state index in [0.717, 1.165) is 23.2 Å². The van der Waals surface area contributed by atoms with Crippen molar-refractivity contribution >= 4 is 32.8 Å². The highest BCUT2D eigenvalue weighted by Gasteiger charge is 2.29. The first-order valence-electron chi connectivity index (χ1n) is 7.44. The molecule has 1 aromatic heterocycles. The van der Waals surface area contributed by atoms with Crippen molar-refractivity contribution < 1.29 is 17.9 Å². The van der Waals surface area contributed by atoms with Crippen molar-refractivity contribution in [2.75, 3.05) is 13.4 Å². The summed E-state index contributed by atoms with van der Waals surface area (Å²) in [5.41, 5.74) is 1.95. The summed E-state index contributed by atoms with van der Waals surface area (Å²) in [6.07, 6.45) is 1.03. The van der Waals surface area contributed by atoms with Crippen LogP contribution in [0.15, 0.2) is 28.5 Å². The lowest BCUT2D eigenvalue weighted by Gasteiger charge is -2.19. The lowest BCUT2D eigenvalue weighted by atomic mass is 9.86. The highest BCUT2D eigenvalue weighted by atomic mass is 32.2. The predicted molar refractivity (Wildman–Crippen MR) is 99.2 cm³/mol. The third-order valence-electron chi connectivity index (χ3n) is 3.71. The molecule has 0 atom stereocenters. The van der Waals surface area contributed by atoms with Crippen LogP contribution < -0.4 is 0 Å². The lowest BCUT2D eigenvalue weighted by molar-refractivity contribution is 0.0607. The second-order valence-electron chi connectivity index (χ2n) is 6.65. The molecule has 0 aliphatic carbocycles. The van der Waals surface area contributed by atoms with E-state index in [-0.39, 0.29) is 20.2 Å². The molecule has 0 fully saturated rings. The predicted octanol–water partition coefficient (Wildman–Crippen LogP) is 4.45. The third kappa shape index (κ3) is 3.75. The van der Waals surface area contributed by atoms with Crippen molar-refractivity contribution in [2.45, 2.75) is 30.4 Å². The van der Waals surface area contributed by atoms with E-state index in [0.29, 0.717) is 11.1 Å². The number of rotatable bonds is 3. The van der Waals surface area contributed by atoms with Gasteiger partial charge in [0.2, 0.25) is 5.69 Å². The van der Waals surface area contributed by atoms with Crippen LogP contribution in [0.3, 0.4) is 0 Å².